The summed E-state index contributed by atoms with van der Waals surface area (Å²) in [7, 11) is 0. The molecule has 4 aromatic rings. The Bertz CT molecular complexity index is 1100. The number of hydrogen-bond donors (Lipinski definition) is 0. The molecule has 2 aromatic carbocycles. The molecule has 0 saturated carbocycles. The molecular weight excluding hydrogens is 336 g/mol. The highest BCUT2D eigenvalue weighted by Gasteiger charge is 2.13. The van der Waals surface area contributed by atoms with Gasteiger partial charge in [-0.15, -0.1) is 0 Å². The number of aryl methyl sites for hydroxylation is 1. The van der Waals surface area contributed by atoms with Gasteiger partial charge in [0.1, 0.15) is 11.2 Å². The van der Waals surface area contributed by atoms with Gasteiger partial charge in [-0.1, -0.05) is 37.1 Å². The monoisotopic (exact) mass is 352 g/mol. The molecule has 0 bridgehead atoms. The maximum absolute atomic E-state index is 11.9. The highest BCUT2D eigenvalue weighted by atomic mass is 35.5. The van der Waals surface area contributed by atoms with E-state index in [1.54, 1.807) is 18.4 Å². The van der Waals surface area contributed by atoms with Crippen molar-refractivity contribution < 1.29 is 8.83 Å². The van der Waals surface area contributed by atoms with Crippen molar-refractivity contribution in [3.8, 4) is 11.1 Å². The van der Waals surface area contributed by atoms with Crippen molar-refractivity contribution >= 4 is 33.5 Å². The van der Waals surface area contributed by atoms with Crippen LogP contribution in [-0.2, 0) is 6.42 Å². The van der Waals surface area contributed by atoms with Crippen molar-refractivity contribution in [3.63, 3.8) is 0 Å². The number of furan rings is 1. The molecule has 25 heavy (non-hydrogen) atoms. The van der Waals surface area contributed by atoms with E-state index >= 15 is 0 Å². The predicted octanol–water partition coefficient (Wildman–Crippen LogP) is 6.20. The van der Waals surface area contributed by atoms with Gasteiger partial charge in [-0.2, -0.15) is 0 Å². The number of benzene rings is 2. The zero-order valence-corrected chi connectivity index (χ0v) is 14.6. The molecule has 0 aliphatic carbocycles. The van der Waals surface area contributed by atoms with Gasteiger partial charge in [-0.05, 0) is 42.2 Å². The molecule has 0 fully saturated rings. The van der Waals surface area contributed by atoms with E-state index in [1.807, 2.05) is 24.3 Å². The SMILES string of the molecule is CCCCc1cc(=O)oc2cc3occ(-c4ccc(Cl)cc4)c3cc12. The van der Waals surface area contributed by atoms with Crippen LogP contribution in [0.4, 0.5) is 0 Å². The summed E-state index contributed by atoms with van der Waals surface area (Å²) < 4.78 is 11.1. The molecule has 3 nitrogen and oxygen atoms in total. The zero-order valence-electron chi connectivity index (χ0n) is 13.8. The van der Waals surface area contributed by atoms with Crippen molar-refractivity contribution in [2.24, 2.45) is 0 Å². The van der Waals surface area contributed by atoms with Gasteiger partial charge in [0.25, 0.3) is 0 Å². The van der Waals surface area contributed by atoms with Crippen molar-refractivity contribution in [2.45, 2.75) is 26.2 Å². The molecule has 126 valence electrons. The first-order valence-electron chi connectivity index (χ1n) is 8.39. The van der Waals surface area contributed by atoms with E-state index < -0.39 is 0 Å². The topological polar surface area (TPSA) is 43.4 Å². The van der Waals surface area contributed by atoms with Gasteiger partial charge in [0.05, 0.1) is 6.26 Å². The predicted molar refractivity (Wildman–Crippen MR) is 101 cm³/mol. The van der Waals surface area contributed by atoms with Crippen molar-refractivity contribution in [1.29, 1.82) is 0 Å². The molecule has 0 saturated heterocycles. The molecular formula is C21H17ClO3. The van der Waals surface area contributed by atoms with Gasteiger partial charge < -0.3 is 8.83 Å². The molecule has 0 radical (unpaired) electrons. The van der Waals surface area contributed by atoms with Crippen LogP contribution in [-0.4, -0.2) is 0 Å². The normalized spacial score (nSPS) is 11.4. The van der Waals surface area contributed by atoms with Gasteiger partial charge in [-0.25, -0.2) is 4.79 Å². The average Bonchev–Trinajstić information content (AvgIpc) is 3.01. The van der Waals surface area contributed by atoms with Crippen LogP contribution in [0.5, 0.6) is 0 Å². The van der Waals surface area contributed by atoms with Gasteiger partial charge in [0.2, 0.25) is 0 Å². The number of halogens is 1. The van der Waals surface area contributed by atoms with Crippen molar-refractivity contribution in [1.82, 2.24) is 0 Å². The fraction of sp³-hybridized carbons (Fsp3) is 0.190. The highest BCUT2D eigenvalue weighted by molar-refractivity contribution is 6.30. The van der Waals surface area contributed by atoms with Crippen LogP contribution in [0, 0.1) is 0 Å². The third-order valence-corrected chi connectivity index (χ3v) is 4.73. The average molecular weight is 353 g/mol. The van der Waals surface area contributed by atoms with Crippen LogP contribution in [0.1, 0.15) is 25.3 Å². The second kappa shape index (κ2) is 6.41. The summed E-state index contributed by atoms with van der Waals surface area (Å²) >= 11 is 5.99. The third-order valence-electron chi connectivity index (χ3n) is 4.48. The lowest BCUT2D eigenvalue weighted by Gasteiger charge is -2.05. The van der Waals surface area contributed by atoms with E-state index in [9.17, 15) is 4.79 Å². The van der Waals surface area contributed by atoms with E-state index in [4.69, 9.17) is 20.4 Å². The molecule has 4 rings (SSSR count). The number of hydrogen-bond acceptors (Lipinski definition) is 3. The Morgan fingerprint density at radius 1 is 1.00 bits per heavy atom. The van der Waals surface area contributed by atoms with Crippen LogP contribution < -0.4 is 5.63 Å². The molecule has 0 amide bonds. The van der Waals surface area contributed by atoms with Crippen LogP contribution in [0.15, 0.2) is 62.4 Å². The minimum Gasteiger partial charge on any atom is -0.464 e. The molecule has 0 spiro atoms. The summed E-state index contributed by atoms with van der Waals surface area (Å²) in [6, 6.07) is 13.1. The lowest BCUT2D eigenvalue weighted by Crippen LogP contribution is -2.00. The third kappa shape index (κ3) is 2.96. The van der Waals surface area contributed by atoms with Gasteiger partial charge >= 0.3 is 5.63 Å². The number of unbranched alkanes of at least 4 members (excludes halogenated alkanes) is 1. The molecule has 4 heteroatoms. The highest BCUT2D eigenvalue weighted by Crippen LogP contribution is 2.34. The molecule has 0 unspecified atom stereocenters. The number of fused-ring (bicyclic) bond motifs is 2. The Kier molecular flexibility index (Phi) is 4.10. The Morgan fingerprint density at radius 2 is 1.80 bits per heavy atom. The van der Waals surface area contributed by atoms with E-state index in [1.165, 1.54) is 0 Å². The molecule has 0 aliphatic rings. The lowest BCUT2D eigenvalue weighted by atomic mass is 10.00. The van der Waals surface area contributed by atoms with Crippen molar-refractivity contribution in [3.05, 3.63) is 69.7 Å². The molecule has 0 N–H and O–H groups in total. The standard InChI is InChI=1S/C21H17ClO3/c1-2-3-4-14-9-21(23)25-20-11-19-17(10-16(14)20)18(12-24-19)13-5-7-15(22)8-6-13/h5-12H,2-4H2,1H3. The minimum atomic E-state index is -0.317. The van der Waals surface area contributed by atoms with Crippen LogP contribution in [0.25, 0.3) is 33.1 Å². The van der Waals surface area contributed by atoms with Crippen LogP contribution in [0.3, 0.4) is 0 Å². The quantitative estimate of drug-likeness (QED) is 0.410. The van der Waals surface area contributed by atoms with Gasteiger partial charge in [0, 0.05) is 33.5 Å². The lowest BCUT2D eigenvalue weighted by molar-refractivity contribution is 0.556. The minimum absolute atomic E-state index is 0.317. The van der Waals surface area contributed by atoms with E-state index in [2.05, 4.69) is 13.0 Å². The van der Waals surface area contributed by atoms with E-state index in [0.717, 1.165) is 46.7 Å². The molecule has 0 atom stereocenters. The zero-order chi connectivity index (χ0) is 17.4. The maximum Gasteiger partial charge on any atom is 0.336 e. The summed E-state index contributed by atoms with van der Waals surface area (Å²) in [5, 5.41) is 2.67. The summed E-state index contributed by atoms with van der Waals surface area (Å²) in [6.07, 6.45) is 4.70. The summed E-state index contributed by atoms with van der Waals surface area (Å²) in [5.74, 6) is 0. The number of rotatable bonds is 4. The van der Waals surface area contributed by atoms with Gasteiger partial charge in [-0.3, -0.25) is 0 Å². The van der Waals surface area contributed by atoms with Crippen LogP contribution >= 0.6 is 11.6 Å². The first-order chi connectivity index (χ1) is 12.2. The Morgan fingerprint density at radius 3 is 2.56 bits per heavy atom. The summed E-state index contributed by atoms with van der Waals surface area (Å²) in [5.41, 5.74) is 4.02. The van der Waals surface area contributed by atoms with Crippen LogP contribution in [0.2, 0.25) is 5.02 Å². The Balaban J connectivity index is 1.95. The van der Waals surface area contributed by atoms with Crippen molar-refractivity contribution in [2.75, 3.05) is 0 Å². The Hall–Kier alpha value is -2.52. The molecule has 2 aromatic heterocycles. The fourth-order valence-corrected chi connectivity index (χ4v) is 3.30. The summed E-state index contributed by atoms with van der Waals surface area (Å²) in [6.45, 7) is 2.14. The second-order valence-corrected chi connectivity index (χ2v) is 6.63. The molecule has 2 heterocycles. The maximum atomic E-state index is 11.9. The second-order valence-electron chi connectivity index (χ2n) is 6.20. The smallest absolute Gasteiger partial charge is 0.336 e. The van der Waals surface area contributed by atoms with E-state index in [0.29, 0.717) is 16.2 Å². The first kappa shape index (κ1) is 16.0. The van der Waals surface area contributed by atoms with E-state index in [-0.39, 0.29) is 5.63 Å². The fourth-order valence-electron chi connectivity index (χ4n) is 3.18. The Labute approximate surface area is 149 Å². The largest absolute Gasteiger partial charge is 0.464 e. The first-order valence-corrected chi connectivity index (χ1v) is 8.77. The van der Waals surface area contributed by atoms with Gasteiger partial charge in [0.15, 0.2) is 0 Å². The summed E-state index contributed by atoms with van der Waals surface area (Å²) in [4.78, 5) is 11.9. The molecule has 0 aliphatic heterocycles.